The topological polar surface area (TPSA) is 111 Å². The molecule has 2 heterocycles. The molecule has 0 aliphatic carbocycles. The molecule has 0 fully saturated rings. The van der Waals surface area contributed by atoms with Crippen LogP contribution in [0.4, 0.5) is 5.95 Å². The minimum absolute atomic E-state index is 0.176. The number of nitrogens with zero attached hydrogens (tertiary/aromatic N) is 4. The number of nitrogens with two attached hydrogens (primary N) is 2. The molecule has 2 rings (SSSR count). The molecule has 7 nitrogen and oxygen atoms in total. The smallest absolute Gasteiger partial charge is 0.241 e. The van der Waals surface area contributed by atoms with Gasteiger partial charge in [-0.05, 0) is 6.92 Å². The van der Waals surface area contributed by atoms with E-state index in [0.29, 0.717) is 5.82 Å². The summed E-state index contributed by atoms with van der Waals surface area (Å²) in [5, 5.41) is 14.1. The standard InChI is InChI=1S/C6H9N7/c1-3-4(2-9-10-3)5-11-12-6(7)13(5)8/h2H,8H2,1H3,(H2,7,12)(H,9,10). The Morgan fingerprint density at radius 1 is 1.46 bits per heavy atom. The van der Waals surface area contributed by atoms with Crippen LogP contribution in [0.25, 0.3) is 11.4 Å². The van der Waals surface area contributed by atoms with Crippen LogP contribution in [0.1, 0.15) is 5.69 Å². The summed E-state index contributed by atoms with van der Waals surface area (Å²) in [4.78, 5) is 0. The molecular formula is C6H9N7. The summed E-state index contributed by atoms with van der Waals surface area (Å²) in [5.41, 5.74) is 7.10. The van der Waals surface area contributed by atoms with Crippen molar-refractivity contribution in [2.24, 2.45) is 0 Å². The number of nitrogens with one attached hydrogen (secondary N) is 1. The Bertz CT molecular complexity index is 426. The summed E-state index contributed by atoms with van der Waals surface area (Å²) in [7, 11) is 0. The van der Waals surface area contributed by atoms with Crippen LogP contribution in [-0.2, 0) is 0 Å². The number of rotatable bonds is 1. The van der Waals surface area contributed by atoms with E-state index in [0.717, 1.165) is 11.3 Å². The Kier molecular flexibility index (Phi) is 1.44. The fraction of sp³-hybridized carbons (Fsp3) is 0.167. The van der Waals surface area contributed by atoms with Crippen molar-refractivity contribution >= 4 is 5.95 Å². The predicted molar refractivity (Wildman–Crippen MR) is 46.9 cm³/mol. The molecule has 0 amide bonds. The van der Waals surface area contributed by atoms with E-state index in [-0.39, 0.29) is 5.95 Å². The Labute approximate surface area is 73.7 Å². The lowest BCUT2D eigenvalue weighted by Gasteiger charge is -1.98. The number of aromatic amines is 1. The molecule has 13 heavy (non-hydrogen) atoms. The first-order chi connectivity index (χ1) is 6.20. The number of hydrogen-bond acceptors (Lipinski definition) is 5. The van der Waals surface area contributed by atoms with Crippen molar-refractivity contribution < 1.29 is 0 Å². The fourth-order valence-corrected chi connectivity index (χ4v) is 1.06. The lowest BCUT2D eigenvalue weighted by Crippen LogP contribution is -2.13. The monoisotopic (exact) mass is 179 g/mol. The first kappa shape index (κ1) is 7.59. The van der Waals surface area contributed by atoms with E-state index in [1.165, 1.54) is 4.68 Å². The normalized spacial score (nSPS) is 10.5. The summed E-state index contributed by atoms with van der Waals surface area (Å²) in [6, 6.07) is 0. The van der Waals surface area contributed by atoms with E-state index in [1.54, 1.807) is 6.20 Å². The Morgan fingerprint density at radius 3 is 2.69 bits per heavy atom. The third-order valence-electron chi connectivity index (χ3n) is 1.79. The van der Waals surface area contributed by atoms with E-state index in [4.69, 9.17) is 11.6 Å². The van der Waals surface area contributed by atoms with E-state index in [9.17, 15) is 0 Å². The van der Waals surface area contributed by atoms with Gasteiger partial charge in [0, 0.05) is 5.69 Å². The highest BCUT2D eigenvalue weighted by molar-refractivity contribution is 5.58. The van der Waals surface area contributed by atoms with Gasteiger partial charge in [0.25, 0.3) is 0 Å². The van der Waals surface area contributed by atoms with Crippen LogP contribution in [0.2, 0.25) is 0 Å². The number of H-pyrrole nitrogens is 1. The van der Waals surface area contributed by atoms with Crippen molar-refractivity contribution in [3.63, 3.8) is 0 Å². The summed E-state index contributed by atoms with van der Waals surface area (Å²) < 4.78 is 1.22. The number of nitrogen functional groups attached to an aromatic ring is 2. The van der Waals surface area contributed by atoms with Crippen LogP contribution >= 0.6 is 0 Å². The van der Waals surface area contributed by atoms with Crippen molar-refractivity contribution in [3.8, 4) is 11.4 Å². The second-order valence-electron chi connectivity index (χ2n) is 2.66. The van der Waals surface area contributed by atoms with Gasteiger partial charge in [-0.25, -0.2) is 4.68 Å². The highest BCUT2D eigenvalue weighted by atomic mass is 15.4. The van der Waals surface area contributed by atoms with Crippen molar-refractivity contribution in [2.75, 3.05) is 11.6 Å². The quantitative estimate of drug-likeness (QED) is 0.500. The molecule has 0 aromatic carbocycles. The summed E-state index contributed by atoms with van der Waals surface area (Å²) in [6.07, 6.45) is 1.63. The highest BCUT2D eigenvalue weighted by Crippen LogP contribution is 2.18. The Morgan fingerprint density at radius 2 is 2.23 bits per heavy atom. The molecule has 0 spiro atoms. The molecule has 2 aromatic rings. The maximum atomic E-state index is 5.59. The maximum Gasteiger partial charge on any atom is 0.241 e. The van der Waals surface area contributed by atoms with Gasteiger partial charge in [0.1, 0.15) is 0 Å². The van der Waals surface area contributed by atoms with Gasteiger partial charge >= 0.3 is 0 Å². The van der Waals surface area contributed by atoms with Crippen LogP contribution in [0.15, 0.2) is 6.20 Å². The van der Waals surface area contributed by atoms with Crippen LogP contribution in [0, 0.1) is 6.92 Å². The van der Waals surface area contributed by atoms with E-state index in [2.05, 4.69) is 20.4 Å². The van der Waals surface area contributed by atoms with Crippen molar-refractivity contribution in [1.29, 1.82) is 0 Å². The molecule has 0 bridgehead atoms. The van der Waals surface area contributed by atoms with Gasteiger partial charge < -0.3 is 11.6 Å². The van der Waals surface area contributed by atoms with Crippen LogP contribution in [-0.4, -0.2) is 25.1 Å². The van der Waals surface area contributed by atoms with Gasteiger partial charge in [0.05, 0.1) is 11.8 Å². The van der Waals surface area contributed by atoms with Crippen molar-refractivity contribution in [3.05, 3.63) is 11.9 Å². The molecule has 0 radical (unpaired) electrons. The molecule has 0 unspecified atom stereocenters. The molecule has 7 heteroatoms. The summed E-state index contributed by atoms with van der Waals surface area (Å²) in [5.74, 6) is 6.27. The van der Waals surface area contributed by atoms with E-state index < -0.39 is 0 Å². The first-order valence-corrected chi connectivity index (χ1v) is 3.66. The second-order valence-corrected chi connectivity index (χ2v) is 2.66. The molecule has 68 valence electrons. The third kappa shape index (κ3) is 1.01. The number of anilines is 1. The molecule has 2 aromatic heterocycles. The number of aromatic nitrogens is 5. The van der Waals surface area contributed by atoms with Crippen LogP contribution < -0.4 is 11.6 Å². The lowest BCUT2D eigenvalue weighted by molar-refractivity contribution is 1.02. The Hall–Kier alpha value is -2.05. The minimum Gasteiger partial charge on any atom is -0.366 e. The number of hydrogen-bond donors (Lipinski definition) is 3. The zero-order valence-electron chi connectivity index (χ0n) is 7.02. The molecule has 5 N–H and O–H groups in total. The third-order valence-corrected chi connectivity index (χ3v) is 1.79. The largest absolute Gasteiger partial charge is 0.366 e. The average molecular weight is 179 g/mol. The van der Waals surface area contributed by atoms with E-state index in [1.807, 2.05) is 6.92 Å². The van der Waals surface area contributed by atoms with E-state index >= 15 is 0 Å². The first-order valence-electron chi connectivity index (χ1n) is 3.66. The van der Waals surface area contributed by atoms with Gasteiger partial charge in [-0.15, -0.1) is 10.2 Å². The SMILES string of the molecule is Cc1[nH]ncc1-c1nnc(N)n1N. The van der Waals surface area contributed by atoms with Gasteiger partial charge in [0.15, 0.2) is 5.82 Å². The fourth-order valence-electron chi connectivity index (χ4n) is 1.06. The average Bonchev–Trinajstić information content (AvgIpc) is 2.62. The van der Waals surface area contributed by atoms with Gasteiger partial charge in [-0.2, -0.15) is 5.10 Å². The van der Waals surface area contributed by atoms with Gasteiger partial charge in [-0.3, -0.25) is 5.10 Å². The summed E-state index contributed by atoms with van der Waals surface area (Å²) in [6.45, 7) is 1.87. The molecule has 0 aliphatic heterocycles. The molecule has 0 atom stereocenters. The van der Waals surface area contributed by atoms with Crippen molar-refractivity contribution in [2.45, 2.75) is 6.92 Å². The Balaban J connectivity index is 2.59. The molecule has 0 aliphatic rings. The van der Waals surface area contributed by atoms with Crippen LogP contribution in [0.5, 0.6) is 0 Å². The van der Waals surface area contributed by atoms with Gasteiger partial charge in [0.2, 0.25) is 5.95 Å². The zero-order valence-corrected chi connectivity index (χ0v) is 7.02. The van der Waals surface area contributed by atoms with Crippen LogP contribution in [0.3, 0.4) is 0 Å². The highest BCUT2D eigenvalue weighted by Gasteiger charge is 2.12. The lowest BCUT2D eigenvalue weighted by atomic mass is 10.2. The van der Waals surface area contributed by atoms with Crippen molar-refractivity contribution in [1.82, 2.24) is 25.1 Å². The summed E-state index contributed by atoms with van der Waals surface area (Å²) >= 11 is 0. The minimum atomic E-state index is 0.176. The second kappa shape index (κ2) is 2.47. The number of aryl methyl sites for hydroxylation is 1. The predicted octanol–water partition coefficient (Wildman–Crippen LogP) is -0.727. The maximum absolute atomic E-state index is 5.59. The van der Waals surface area contributed by atoms with Gasteiger partial charge in [-0.1, -0.05) is 0 Å². The zero-order chi connectivity index (χ0) is 9.42. The molecular weight excluding hydrogens is 170 g/mol. The molecule has 0 saturated heterocycles. The molecule has 0 saturated carbocycles.